The summed E-state index contributed by atoms with van der Waals surface area (Å²) in [5.74, 6) is 0. The summed E-state index contributed by atoms with van der Waals surface area (Å²) in [7, 11) is -1.98. The maximum absolute atomic E-state index is 12.3. The SMILES string of the molecule is Cc1nn(C)c(C)c1NS(=O)(=O)c1ccc(Cl)c(Cl)c1. The second-order valence-corrected chi connectivity index (χ2v) is 6.85. The Balaban J connectivity index is 2.43. The molecule has 0 aliphatic heterocycles. The Hall–Kier alpha value is -1.24. The Kier molecular flexibility index (Phi) is 4.00. The average Bonchev–Trinajstić information content (AvgIpc) is 2.59. The minimum atomic E-state index is -3.73. The lowest BCUT2D eigenvalue weighted by Crippen LogP contribution is -2.14. The summed E-state index contributed by atoms with van der Waals surface area (Å²) in [6, 6.07) is 4.16. The number of sulfonamides is 1. The summed E-state index contributed by atoms with van der Waals surface area (Å²) in [5, 5.41) is 4.66. The number of halogens is 2. The summed E-state index contributed by atoms with van der Waals surface area (Å²) in [6.07, 6.45) is 0. The Morgan fingerprint density at radius 1 is 1.20 bits per heavy atom. The Morgan fingerprint density at radius 2 is 1.85 bits per heavy atom. The number of benzene rings is 1. The third-order valence-corrected chi connectivity index (χ3v) is 5.03. The topological polar surface area (TPSA) is 64.0 Å². The van der Waals surface area contributed by atoms with Crippen molar-refractivity contribution in [2.75, 3.05) is 4.72 Å². The van der Waals surface area contributed by atoms with E-state index in [4.69, 9.17) is 23.2 Å². The van der Waals surface area contributed by atoms with E-state index in [9.17, 15) is 8.42 Å². The standard InChI is InChI=1S/C12H13Cl2N3O2S/c1-7-12(8(2)17(3)15-7)16-20(18,19)9-4-5-10(13)11(14)6-9/h4-6,16H,1-3H3. The number of hydrogen-bond acceptors (Lipinski definition) is 3. The number of rotatable bonds is 3. The zero-order chi connectivity index (χ0) is 15.1. The molecule has 1 aromatic heterocycles. The van der Waals surface area contributed by atoms with Crippen molar-refractivity contribution in [2.24, 2.45) is 7.05 Å². The normalized spacial score (nSPS) is 11.7. The summed E-state index contributed by atoms with van der Waals surface area (Å²) in [6.45, 7) is 3.52. The largest absolute Gasteiger partial charge is 0.276 e. The molecule has 108 valence electrons. The van der Waals surface area contributed by atoms with E-state index in [1.165, 1.54) is 18.2 Å². The number of nitrogens with one attached hydrogen (secondary N) is 1. The van der Waals surface area contributed by atoms with Crippen molar-refractivity contribution in [3.63, 3.8) is 0 Å². The molecule has 1 aromatic carbocycles. The van der Waals surface area contributed by atoms with Gasteiger partial charge in [0.15, 0.2) is 0 Å². The maximum atomic E-state index is 12.3. The lowest BCUT2D eigenvalue weighted by molar-refractivity contribution is 0.601. The van der Waals surface area contributed by atoms with Crippen LogP contribution in [-0.2, 0) is 17.1 Å². The fourth-order valence-electron chi connectivity index (χ4n) is 1.76. The molecule has 8 heteroatoms. The highest BCUT2D eigenvalue weighted by Crippen LogP contribution is 2.27. The van der Waals surface area contributed by atoms with Gasteiger partial charge in [-0.2, -0.15) is 5.10 Å². The molecule has 0 aliphatic rings. The Labute approximate surface area is 127 Å². The van der Waals surface area contributed by atoms with Gasteiger partial charge in [-0.3, -0.25) is 9.40 Å². The predicted octanol–water partition coefficient (Wildman–Crippen LogP) is 3.14. The van der Waals surface area contributed by atoms with Crippen LogP contribution in [0.2, 0.25) is 10.0 Å². The first-order valence-corrected chi connectivity index (χ1v) is 7.94. The molecule has 0 bridgehead atoms. The highest BCUT2D eigenvalue weighted by atomic mass is 35.5. The van der Waals surface area contributed by atoms with Crippen LogP contribution in [0.15, 0.2) is 23.1 Å². The zero-order valence-corrected chi connectivity index (χ0v) is 13.4. The van der Waals surface area contributed by atoms with Crippen molar-refractivity contribution in [1.29, 1.82) is 0 Å². The number of nitrogens with zero attached hydrogens (tertiary/aromatic N) is 2. The first-order chi connectivity index (χ1) is 9.22. The summed E-state index contributed by atoms with van der Waals surface area (Å²) < 4.78 is 28.8. The second-order valence-electron chi connectivity index (χ2n) is 4.35. The molecular weight excluding hydrogens is 321 g/mol. The smallest absolute Gasteiger partial charge is 0.262 e. The van der Waals surface area contributed by atoms with Gasteiger partial charge >= 0.3 is 0 Å². The molecular formula is C12H13Cl2N3O2S. The Morgan fingerprint density at radius 3 is 2.35 bits per heavy atom. The lowest BCUT2D eigenvalue weighted by atomic mass is 10.3. The molecule has 0 radical (unpaired) electrons. The fourth-order valence-corrected chi connectivity index (χ4v) is 3.32. The first kappa shape index (κ1) is 15.2. The van der Waals surface area contributed by atoms with E-state index in [1.807, 2.05) is 0 Å². The molecule has 0 saturated carbocycles. The minimum absolute atomic E-state index is 0.0505. The van der Waals surface area contributed by atoms with Gasteiger partial charge in [-0.05, 0) is 32.0 Å². The molecule has 0 unspecified atom stereocenters. The quantitative estimate of drug-likeness (QED) is 0.938. The molecule has 0 spiro atoms. The van der Waals surface area contributed by atoms with Gasteiger partial charge < -0.3 is 0 Å². The van der Waals surface area contributed by atoms with Crippen LogP contribution in [-0.4, -0.2) is 18.2 Å². The van der Waals surface area contributed by atoms with Gasteiger partial charge in [-0.25, -0.2) is 8.42 Å². The summed E-state index contributed by atoms with van der Waals surface area (Å²) >= 11 is 11.6. The second kappa shape index (κ2) is 5.27. The zero-order valence-electron chi connectivity index (χ0n) is 11.1. The van der Waals surface area contributed by atoms with Crippen LogP contribution in [0.25, 0.3) is 0 Å². The van der Waals surface area contributed by atoms with E-state index < -0.39 is 10.0 Å². The van der Waals surface area contributed by atoms with Gasteiger partial charge in [-0.1, -0.05) is 23.2 Å². The van der Waals surface area contributed by atoms with E-state index >= 15 is 0 Å². The number of aromatic nitrogens is 2. The molecule has 0 amide bonds. The van der Waals surface area contributed by atoms with Gasteiger partial charge in [0.1, 0.15) is 0 Å². The highest BCUT2D eigenvalue weighted by Gasteiger charge is 2.20. The van der Waals surface area contributed by atoms with E-state index in [-0.39, 0.29) is 9.92 Å². The van der Waals surface area contributed by atoms with Gasteiger partial charge in [0.2, 0.25) is 0 Å². The van der Waals surface area contributed by atoms with Crippen molar-refractivity contribution in [3.8, 4) is 0 Å². The molecule has 2 aromatic rings. The van der Waals surface area contributed by atoms with Gasteiger partial charge in [0.05, 0.1) is 32.0 Å². The van der Waals surface area contributed by atoms with Crippen LogP contribution in [0.4, 0.5) is 5.69 Å². The molecule has 0 fully saturated rings. The number of aryl methyl sites for hydroxylation is 2. The number of hydrogen-bond donors (Lipinski definition) is 1. The Bertz CT molecular complexity index is 769. The van der Waals surface area contributed by atoms with E-state index in [0.717, 1.165) is 5.69 Å². The average molecular weight is 334 g/mol. The third-order valence-electron chi connectivity index (χ3n) is 2.95. The predicted molar refractivity (Wildman–Crippen MR) is 80.0 cm³/mol. The fraction of sp³-hybridized carbons (Fsp3) is 0.250. The van der Waals surface area contributed by atoms with Crippen molar-refractivity contribution in [2.45, 2.75) is 18.7 Å². The van der Waals surface area contributed by atoms with E-state index in [2.05, 4.69) is 9.82 Å². The molecule has 1 N–H and O–H groups in total. The van der Waals surface area contributed by atoms with Crippen LogP contribution in [0.3, 0.4) is 0 Å². The highest BCUT2D eigenvalue weighted by molar-refractivity contribution is 7.92. The third kappa shape index (κ3) is 2.77. The van der Waals surface area contributed by atoms with Gasteiger partial charge in [0, 0.05) is 7.05 Å². The molecule has 0 aliphatic carbocycles. The lowest BCUT2D eigenvalue weighted by Gasteiger charge is -2.09. The van der Waals surface area contributed by atoms with E-state index in [0.29, 0.717) is 16.4 Å². The first-order valence-electron chi connectivity index (χ1n) is 5.70. The van der Waals surface area contributed by atoms with Crippen LogP contribution in [0, 0.1) is 13.8 Å². The van der Waals surface area contributed by atoms with Crippen molar-refractivity contribution in [1.82, 2.24) is 9.78 Å². The number of anilines is 1. The van der Waals surface area contributed by atoms with Crippen LogP contribution < -0.4 is 4.72 Å². The van der Waals surface area contributed by atoms with Crippen molar-refractivity contribution in [3.05, 3.63) is 39.6 Å². The molecule has 2 rings (SSSR count). The molecule has 0 atom stereocenters. The van der Waals surface area contributed by atoms with Crippen LogP contribution in [0.5, 0.6) is 0 Å². The van der Waals surface area contributed by atoms with Crippen molar-refractivity contribution < 1.29 is 8.42 Å². The van der Waals surface area contributed by atoms with Crippen LogP contribution in [0.1, 0.15) is 11.4 Å². The molecule has 0 saturated heterocycles. The minimum Gasteiger partial charge on any atom is -0.276 e. The maximum Gasteiger partial charge on any atom is 0.262 e. The van der Waals surface area contributed by atoms with Gasteiger partial charge in [-0.15, -0.1) is 0 Å². The van der Waals surface area contributed by atoms with E-state index in [1.54, 1.807) is 25.6 Å². The van der Waals surface area contributed by atoms with Crippen LogP contribution >= 0.6 is 23.2 Å². The summed E-state index contributed by atoms with van der Waals surface area (Å²) in [4.78, 5) is 0.0505. The monoisotopic (exact) mass is 333 g/mol. The summed E-state index contributed by atoms with van der Waals surface area (Å²) in [5.41, 5.74) is 1.80. The van der Waals surface area contributed by atoms with Gasteiger partial charge in [0.25, 0.3) is 10.0 Å². The molecule has 1 heterocycles. The molecule has 20 heavy (non-hydrogen) atoms. The van der Waals surface area contributed by atoms with Crippen molar-refractivity contribution >= 4 is 38.9 Å². The molecule has 5 nitrogen and oxygen atoms in total.